The number of hydrogen-bond donors (Lipinski definition) is 1. The first-order valence-corrected chi connectivity index (χ1v) is 9.14. The highest BCUT2D eigenvalue weighted by molar-refractivity contribution is 5.13. The standard InChI is InChI=1S/C18H27N3O2/c1-12-2-6-14(7-3-12)19-16-10-23-11-17(16)21-18(22)9-8-15(20-21)13-4-5-13/h8-9,12-14,16-17,19H,2-7,10-11H2,1H3. The van der Waals surface area contributed by atoms with Gasteiger partial charge in [0.1, 0.15) is 0 Å². The van der Waals surface area contributed by atoms with Crippen LogP contribution in [0.25, 0.3) is 0 Å². The van der Waals surface area contributed by atoms with Crippen molar-refractivity contribution in [2.45, 2.75) is 69.5 Å². The van der Waals surface area contributed by atoms with Crippen LogP contribution in [-0.2, 0) is 4.74 Å². The molecule has 2 unspecified atom stereocenters. The van der Waals surface area contributed by atoms with Crippen molar-refractivity contribution in [1.82, 2.24) is 15.1 Å². The molecule has 1 aliphatic heterocycles. The number of hydrogen-bond acceptors (Lipinski definition) is 4. The second-order valence-electron chi connectivity index (χ2n) is 7.65. The molecule has 0 aromatic carbocycles. The Morgan fingerprint density at radius 3 is 2.65 bits per heavy atom. The summed E-state index contributed by atoms with van der Waals surface area (Å²) in [6.45, 7) is 3.60. The second-order valence-corrected chi connectivity index (χ2v) is 7.65. The van der Waals surface area contributed by atoms with E-state index in [4.69, 9.17) is 4.74 Å². The van der Waals surface area contributed by atoms with E-state index in [1.165, 1.54) is 38.5 Å². The molecule has 5 heteroatoms. The zero-order valence-corrected chi connectivity index (χ0v) is 13.9. The maximum Gasteiger partial charge on any atom is 0.267 e. The third kappa shape index (κ3) is 3.36. The molecule has 126 valence electrons. The van der Waals surface area contributed by atoms with Crippen molar-refractivity contribution in [3.8, 4) is 0 Å². The predicted molar refractivity (Wildman–Crippen MR) is 88.7 cm³/mol. The van der Waals surface area contributed by atoms with Crippen molar-refractivity contribution in [1.29, 1.82) is 0 Å². The molecule has 3 fully saturated rings. The van der Waals surface area contributed by atoms with Gasteiger partial charge in [0.25, 0.3) is 5.56 Å². The maximum atomic E-state index is 12.3. The van der Waals surface area contributed by atoms with Gasteiger partial charge in [0, 0.05) is 18.0 Å². The van der Waals surface area contributed by atoms with Crippen molar-refractivity contribution >= 4 is 0 Å². The Bertz CT molecular complexity index is 603. The second kappa shape index (κ2) is 6.36. The summed E-state index contributed by atoms with van der Waals surface area (Å²) in [7, 11) is 0. The summed E-state index contributed by atoms with van der Waals surface area (Å²) in [5, 5.41) is 8.41. The van der Waals surface area contributed by atoms with E-state index in [1.54, 1.807) is 10.7 Å². The van der Waals surface area contributed by atoms with Crippen molar-refractivity contribution < 1.29 is 4.74 Å². The molecule has 0 amide bonds. The molecule has 1 saturated heterocycles. The Morgan fingerprint density at radius 2 is 1.91 bits per heavy atom. The molecule has 2 saturated carbocycles. The van der Waals surface area contributed by atoms with Crippen LogP contribution in [0, 0.1) is 5.92 Å². The van der Waals surface area contributed by atoms with Gasteiger partial charge in [-0.25, -0.2) is 4.68 Å². The van der Waals surface area contributed by atoms with Crippen LogP contribution in [0.4, 0.5) is 0 Å². The summed E-state index contributed by atoms with van der Waals surface area (Å²) in [5.41, 5.74) is 1.07. The van der Waals surface area contributed by atoms with Gasteiger partial charge in [-0.15, -0.1) is 0 Å². The highest BCUT2D eigenvalue weighted by atomic mass is 16.5. The van der Waals surface area contributed by atoms with Gasteiger partial charge in [-0.3, -0.25) is 4.79 Å². The van der Waals surface area contributed by atoms with Crippen LogP contribution >= 0.6 is 0 Å². The van der Waals surface area contributed by atoms with Gasteiger partial charge in [0.05, 0.1) is 31.0 Å². The monoisotopic (exact) mass is 317 g/mol. The molecule has 1 N–H and O–H groups in total. The fraction of sp³-hybridized carbons (Fsp3) is 0.778. The Labute approximate surface area is 137 Å². The Hall–Kier alpha value is -1.20. The Kier molecular flexibility index (Phi) is 4.24. The molecule has 1 aromatic rings. The molecule has 23 heavy (non-hydrogen) atoms. The first-order valence-electron chi connectivity index (χ1n) is 9.14. The van der Waals surface area contributed by atoms with Gasteiger partial charge in [-0.05, 0) is 50.5 Å². The predicted octanol–water partition coefficient (Wildman–Crippen LogP) is 2.23. The molecule has 0 bridgehead atoms. The minimum absolute atomic E-state index is 0.00559. The van der Waals surface area contributed by atoms with Crippen LogP contribution in [0.2, 0.25) is 0 Å². The van der Waals surface area contributed by atoms with E-state index in [9.17, 15) is 4.79 Å². The van der Waals surface area contributed by atoms with Gasteiger partial charge < -0.3 is 10.1 Å². The van der Waals surface area contributed by atoms with Crippen molar-refractivity contribution in [2.24, 2.45) is 5.92 Å². The zero-order chi connectivity index (χ0) is 15.8. The van der Waals surface area contributed by atoms with Gasteiger partial charge in [-0.1, -0.05) is 6.92 Å². The highest BCUT2D eigenvalue weighted by Crippen LogP contribution is 2.38. The smallest absolute Gasteiger partial charge is 0.267 e. The van der Waals surface area contributed by atoms with Crippen LogP contribution in [0.5, 0.6) is 0 Å². The van der Waals surface area contributed by atoms with Crippen LogP contribution < -0.4 is 10.9 Å². The first kappa shape index (κ1) is 15.3. The minimum Gasteiger partial charge on any atom is -0.377 e. The third-order valence-corrected chi connectivity index (χ3v) is 5.67. The number of nitrogens with one attached hydrogen (secondary N) is 1. The molecule has 0 radical (unpaired) electrons. The number of nitrogens with zero attached hydrogens (tertiary/aromatic N) is 2. The fourth-order valence-electron chi connectivity index (χ4n) is 3.95. The summed E-state index contributed by atoms with van der Waals surface area (Å²) in [5.74, 6) is 1.42. The molecule has 2 aliphatic carbocycles. The lowest BCUT2D eigenvalue weighted by atomic mass is 9.87. The first-order chi connectivity index (χ1) is 11.2. The SMILES string of the molecule is CC1CCC(NC2COCC2n2nc(C3CC3)ccc2=O)CC1. The summed E-state index contributed by atoms with van der Waals surface area (Å²) < 4.78 is 7.38. The third-order valence-electron chi connectivity index (χ3n) is 5.67. The van der Waals surface area contributed by atoms with Gasteiger partial charge in [-0.2, -0.15) is 5.10 Å². The number of aromatic nitrogens is 2. The average molecular weight is 317 g/mol. The van der Waals surface area contributed by atoms with E-state index in [1.807, 2.05) is 6.07 Å². The lowest BCUT2D eigenvalue weighted by Crippen LogP contribution is -2.46. The van der Waals surface area contributed by atoms with Crippen LogP contribution in [0.1, 0.15) is 63.1 Å². The van der Waals surface area contributed by atoms with E-state index in [-0.39, 0.29) is 17.6 Å². The van der Waals surface area contributed by atoms with E-state index in [0.29, 0.717) is 25.2 Å². The molecular formula is C18H27N3O2. The molecular weight excluding hydrogens is 290 g/mol. The van der Waals surface area contributed by atoms with E-state index >= 15 is 0 Å². The van der Waals surface area contributed by atoms with Gasteiger partial charge >= 0.3 is 0 Å². The van der Waals surface area contributed by atoms with Crippen LogP contribution in [0.15, 0.2) is 16.9 Å². The van der Waals surface area contributed by atoms with E-state index in [2.05, 4.69) is 17.3 Å². The topological polar surface area (TPSA) is 56.1 Å². The molecule has 4 rings (SSSR count). The molecule has 1 aromatic heterocycles. The average Bonchev–Trinajstić information content (AvgIpc) is 3.30. The lowest BCUT2D eigenvalue weighted by Gasteiger charge is -2.31. The summed E-state index contributed by atoms with van der Waals surface area (Å²) in [6, 6.07) is 4.37. The van der Waals surface area contributed by atoms with Crippen LogP contribution in [0.3, 0.4) is 0 Å². The normalized spacial score (nSPS) is 34.7. The van der Waals surface area contributed by atoms with Crippen molar-refractivity contribution in [2.75, 3.05) is 13.2 Å². The van der Waals surface area contributed by atoms with E-state index in [0.717, 1.165) is 11.6 Å². The van der Waals surface area contributed by atoms with Gasteiger partial charge in [0.15, 0.2) is 0 Å². The highest BCUT2D eigenvalue weighted by Gasteiger charge is 2.34. The largest absolute Gasteiger partial charge is 0.377 e. The number of rotatable bonds is 4. The molecule has 2 heterocycles. The Morgan fingerprint density at radius 1 is 1.13 bits per heavy atom. The van der Waals surface area contributed by atoms with E-state index < -0.39 is 0 Å². The lowest BCUT2D eigenvalue weighted by molar-refractivity contribution is 0.178. The van der Waals surface area contributed by atoms with Crippen molar-refractivity contribution in [3.63, 3.8) is 0 Å². The summed E-state index contributed by atoms with van der Waals surface area (Å²) in [6.07, 6.45) is 7.46. The fourth-order valence-corrected chi connectivity index (χ4v) is 3.95. The molecule has 5 nitrogen and oxygen atoms in total. The maximum absolute atomic E-state index is 12.3. The molecule has 0 spiro atoms. The minimum atomic E-state index is -0.00559. The van der Waals surface area contributed by atoms with Gasteiger partial charge in [0.2, 0.25) is 0 Å². The molecule has 3 aliphatic rings. The number of ether oxygens (including phenoxy) is 1. The summed E-state index contributed by atoms with van der Waals surface area (Å²) in [4.78, 5) is 12.3. The Balaban J connectivity index is 1.49. The zero-order valence-electron chi connectivity index (χ0n) is 13.9. The van der Waals surface area contributed by atoms with Crippen molar-refractivity contribution in [3.05, 3.63) is 28.2 Å². The molecule has 2 atom stereocenters. The summed E-state index contributed by atoms with van der Waals surface area (Å²) >= 11 is 0. The van der Waals surface area contributed by atoms with Crippen LogP contribution in [-0.4, -0.2) is 35.1 Å². The quantitative estimate of drug-likeness (QED) is 0.925.